The van der Waals surface area contributed by atoms with E-state index in [0.717, 1.165) is 25.9 Å². The van der Waals surface area contributed by atoms with Crippen LogP contribution in [-0.4, -0.2) is 124 Å². The Morgan fingerprint density at radius 2 is 0.778 bits per heavy atom. The molecule has 6 rings (SSSR count). The number of nitrogens with zero attached hydrogens (tertiary/aromatic N) is 6. The number of rotatable bonds is 12. The number of carbonyl (C=O) groups is 2. The van der Waals surface area contributed by atoms with Crippen molar-refractivity contribution in [1.82, 2.24) is 19.6 Å². The zero-order valence-electron chi connectivity index (χ0n) is 32.6. The number of aliphatic carboxylic acids is 2. The number of benzene rings is 4. The first-order valence-electron chi connectivity index (χ1n) is 17.8. The Labute approximate surface area is 329 Å². The number of hydrogen-bond acceptors (Lipinski definition) is 10. The zero-order chi connectivity index (χ0) is 39.4. The van der Waals surface area contributed by atoms with Crippen LogP contribution in [0.15, 0.2) is 129 Å². The smallest absolute Gasteiger partial charge is 0.328 e. The van der Waals surface area contributed by atoms with Gasteiger partial charge >= 0.3 is 11.9 Å². The van der Waals surface area contributed by atoms with Gasteiger partial charge < -0.3 is 29.8 Å². The summed E-state index contributed by atoms with van der Waals surface area (Å²) < 4.78 is 0. The standard InChI is InChI=1S/2C19H25N3S.C4H4O4/c2*1-20(2)14-13-19(21(3)4)22-15-9-5-7-11-17(15)23-18-12-8-6-10-16(18)22;5-3(6)1-2-4(7)8/h2*5-12,19H,13-14H2,1-4H3;1-2H,(H,5,6)(H,7,8)/b;;2-1+. The molecule has 0 fully saturated rings. The number of para-hydroxylation sites is 4. The van der Waals surface area contributed by atoms with Gasteiger partial charge in [-0.25, -0.2) is 9.59 Å². The van der Waals surface area contributed by atoms with Gasteiger partial charge in [-0.1, -0.05) is 72.1 Å². The third-order valence-corrected chi connectivity index (χ3v) is 11.0. The molecule has 4 aromatic carbocycles. The molecule has 2 unspecified atom stereocenters. The second kappa shape index (κ2) is 20.4. The van der Waals surface area contributed by atoms with Crippen LogP contribution in [0.2, 0.25) is 0 Å². The predicted octanol–water partition coefficient (Wildman–Crippen LogP) is 7.97. The van der Waals surface area contributed by atoms with E-state index in [1.807, 2.05) is 23.5 Å². The van der Waals surface area contributed by atoms with Crippen molar-refractivity contribution >= 4 is 58.2 Å². The van der Waals surface area contributed by atoms with Gasteiger partial charge in [0.15, 0.2) is 0 Å². The fourth-order valence-electron chi connectivity index (χ4n) is 6.24. The molecule has 0 amide bonds. The maximum atomic E-state index is 9.55. The fourth-order valence-corrected chi connectivity index (χ4v) is 8.38. The van der Waals surface area contributed by atoms with E-state index >= 15 is 0 Å². The van der Waals surface area contributed by atoms with Crippen LogP contribution in [0.1, 0.15) is 12.8 Å². The lowest BCUT2D eigenvalue weighted by molar-refractivity contribution is -0.134. The van der Waals surface area contributed by atoms with Crippen LogP contribution in [-0.2, 0) is 9.59 Å². The Morgan fingerprint density at radius 3 is 1.00 bits per heavy atom. The minimum absolute atomic E-state index is 0.334. The Hall–Kier alpha value is -4.30. The molecule has 2 aliphatic heterocycles. The van der Waals surface area contributed by atoms with Crippen molar-refractivity contribution in [2.45, 2.75) is 44.8 Å². The van der Waals surface area contributed by atoms with E-state index in [1.54, 1.807) is 0 Å². The molecule has 0 aliphatic carbocycles. The second-order valence-electron chi connectivity index (χ2n) is 13.9. The van der Waals surface area contributed by atoms with E-state index in [-0.39, 0.29) is 0 Å². The van der Waals surface area contributed by atoms with Crippen LogP contribution in [0.25, 0.3) is 0 Å². The second-order valence-corrected chi connectivity index (χ2v) is 16.1. The van der Waals surface area contributed by atoms with Crippen LogP contribution in [0.4, 0.5) is 22.7 Å². The van der Waals surface area contributed by atoms with Crippen molar-refractivity contribution in [3.05, 3.63) is 109 Å². The van der Waals surface area contributed by atoms with Crippen molar-refractivity contribution < 1.29 is 19.8 Å². The highest BCUT2D eigenvalue weighted by Crippen LogP contribution is 2.50. The lowest BCUT2D eigenvalue weighted by atomic mass is 10.1. The molecule has 2 N–H and O–H groups in total. The van der Waals surface area contributed by atoms with Gasteiger partial charge in [0.2, 0.25) is 0 Å². The van der Waals surface area contributed by atoms with Crippen molar-refractivity contribution in [2.24, 2.45) is 0 Å². The Balaban J connectivity index is 0.000000201. The minimum Gasteiger partial charge on any atom is -0.478 e. The van der Waals surface area contributed by atoms with Crippen molar-refractivity contribution in [1.29, 1.82) is 0 Å². The number of anilines is 4. The average Bonchev–Trinajstić information content (AvgIpc) is 3.13. The highest BCUT2D eigenvalue weighted by Gasteiger charge is 2.31. The molecule has 0 aromatic heterocycles. The van der Waals surface area contributed by atoms with E-state index < -0.39 is 11.9 Å². The Morgan fingerprint density at radius 1 is 0.519 bits per heavy atom. The summed E-state index contributed by atoms with van der Waals surface area (Å²) >= 11 is 3.74. The van der Waals surface area contributed by atoms with E-state index in [4.69, 9.17) is 10.2 Å². The lowest BCUT2D eigenvalue weighted by Crippen LogP contribution is -2.45. The van der Waals surface area contributed by atoms with Crippen LogP contribution >= 0.6 is 23.5 Å². The summed E-state index contributed by atoms with van der Waals surface area (Å²) in [6.45, 7) is 2.13. The van der Waals surface area contributed by atoms with Crippen LogP contribution in [0.5, 0.6) is 0 Å². The maximum absolute atomic E-state index is 9.55. The van der Waals surface area contributed by atoms with Crippen LogP contribution in [0, 0.1) is 0 Å². The summed E-state index contributed by atoms with van der Waals surface area (Å²) in [5, 5.41) is 15.6. The maximum Gasteiger partial charge on any atom is 0.328 e. The lowest BCUT2D eigenvalue weighted by Gasteiger charge is -2.42. The molecule has 2 atom stereocenters. The van der Waals surface area contributed by atoms with Gasteiger partial charge in [0.25, 0.3) is 0 Å². The van der Waals surface area contributed by atoms with E-state index in [9.17, 15) is 9.59 Å². The molecule has 2 heterocycles. The highest BCUT2D eigenvalue weighted by molar-refractivity contribution is 8.00. The van der Waals surface area contributed by atoms with Gasteiger partial charge in [-0.3, -0.25) is 9.80 Å². The number of carboxylic acid groups (broad SMARTS) is 2. The van der Waals surface area contributed by atoms with Crippen LogP contribution < -0.4 is 9.80 Å². The normalized spacial score (nSPS) is 14.0. The SMILES string of the molecule is CN(C)CCC(N(C)C)N1c2ccccc2Sc2ccccc21.CN(C)CCC(N(C)C)N1c2ccccc2Sc2ccccc21.O=C(O)/C=C/C(=O)O. The van der Waals surface area contributed by atoms with Gasteiger partial charge in [0.1, 0.15) is 0 Å². The third-order valence-electron chi connectivity index (χ3n) is 8.76. The van der Waals surface area contributed by atoms with E-state index in [0.29, 0.717) is 24.5 Å². The van der Waals surface area contributed by atoms with Gasteiger partial charge in [-0.05, 0) is 118 Å². The highest BCUT2D eigenvalue weighted by atomic mass is 32.2. The molecule has 2 aliphatic rings. The van der Waals surface area contributed by atoms with Gasteiger partial charge in [0, 0.05) is 44.8 Å². The molecule has 0 bridgehead atoms. The summed E-state index contributed by atoms with van der Waals surface area (Å²) in [6.07, 6.45) is 3.96. The monoisotopic (exact) mass is 770 g/mol. The largest absolute Gasteiger partial charge is 0.478 e. The number of carboxylic acids is 2. The molecule has 54 heavy (non-hydrogen) atoms. The molecule has 0 spiro atoms. The first-order chi connectivity index (χ1) is 25.8. The number of hydrogen-bond donors (Lipinski definition) is 2. The minimum atomic E-state index is -1.26. The fraction of sp³-hybridized carbons (Fsp3) is 0.333. The van der Waals surface area contributed by atoms with Gasteiger partial charge in [0.05, 0.1) is 35.1 Å². The third kappa shape index (κ3) is 11.6. The van der Waals surface area contributed by atoms with E-state index in [1.165, 1.54) is 42.3 Å². The quantitative estimate of drug-likeness (QED) is 0.137. The summed E-state index contributed by atoms with van der Waals surface area (Å²) in [4.78, 5) is 38.6. The molecule has 0 saturated heterocycles. The first kappa shape index (κ1) is 42.4. The molecular formula is C42H54N6O4S2. The van der Waals surface area contributed by atoms with Crippen molar-refractivity contribution in [3.63, 3.8) is 0 Å². The Bertz CT molecular complexity index is 1640. The first-order valence-corrected chi connectivity index (χ1v) is 19.5. The van der Waals surface area contributed by atoms with Gasteiger partial charge in [-0.2, -0.15) is 0 Å². The molecular weight excluding hydrogens is 717 g/mol. The molecule has 10 nitrogen and oxygen atoms in total. The summed E-state index contributed by atoms with van der Waals surface area (Å²) in [5.74, 6) is -2.51. The summed E-state index contributed by atoms with van der Waals surface area (Å²) in [7, 11) is 17.3. The zero-order valence-corrected chi connectivity index (χ0v) is 34.2. The summed E-state index contributed by atoms with van der Waals surface area (Å²) in [6, 6.07) is 34.9. The Kier molecular flexibility index (Phi) is 16.0. The van der Waals surface area contributed by atoms with Crippen LogP contribution in [0.3, 0.4) is 0 Å². The predicted molar refractivity (Wildman–Crippen MR) is 224 cm³/mol. The molecule has 288 valence electrons. The molecule has 0 radical (unpaired) electrons. The topological polar surface area (TPSA) is 94.0 Å². The molecule has 0 saturated carbocycles. The van der Waals surface area contributed by atoms with Gasteiger partial charge in [-0.15, -0.1) is 0 Å². The average molecular weight is 771 g/mol. The van der Waals surface area contributed by atoms with Crippen molar-refractivity contribution in [3.8, 4) is 0 Å². The number of fused-ring (bicyclic) bond motifs is 4. The molecule has 12 heteroatoms. The van der Waals surface area contributed by atoms with Crippen molar-refractivity contribution in [2.75, 3.05) is 79.3 Å². The summed E-state index contributed by atoms with van der Waals surface area (Å²) in [5.41, 5.74) is 5.25. The molecule has 4 aromatic rings. The van der Waals surface area contributed by atoms with E-state index in [2.05, 4.69) is 183 Å².